The molecule has 1 aliphatic carbocycles. The summed E-state index contributed by atoms with van der Waals surface area (Å²) in [5, 5.41) is 0. The van der Waals surface area contributed by atoms with E-state index in [1.54, 1.807) is 0 Å². The van der Waals surface area contributed by atoms with Gasteiger partial charge in [-0.05, 0) is 12.3 Å². The van der Waals surface area contributed by atoms with E-state index in [1.165, 1.54) is 0 Å². The molecule has 0 amide bonds. The molecule has 0 bridgehead atoms. The molecule has 68 valence electrons. The molecule has 0 N–H and O–H groups in total. The molecule has 0 aromatic carbocycles. The normalized spacial score (nSPS) is 25.6. The van der Waals surface area contributed by atoms with E-state index in [9.17, 15) is 4.79 Å². The molecule has 0 aromatic rings. The molecule has 1 saturated carbocycles. The number of rotatable bonds is 2. The third kappa shape index (κ3) is 3.35. The van der Waals surface area contributed by atoms with Gasteiger partial charge >= 0.3 is 0 Å². The summed E-state index contributed by atoms with van der Waals surface area (Å²) in [7, 11) is -1.04. The quantitative estimate of drug-likeness (QED) is 0.600. The van der Waals surface area contributed by atoms with Gasteiger partial charge in [0.25, 0.3) is 0 Å². The molecule has 0 saturated heterocycles. The number of ketones is 1. The second-order valence-corrected chi connectivity index (χ2v) is 9.83. The minimum atomic E-state index is -1.04. The van der Waals surface area contributed by atoms with Crippen LogP contribution in [0.4, 0.5) is 0 Å². The van der Waals surface area contributed by atoms with Gasteiger partial charge in [-0.1, -0.05) is 31.4 Å². The SMILES string of the molecule is C[Si](C)(C)/C=C/[C@@H]1CCC(=O)C1. The van der Waals surface area contributed by atoms with E-state index in [2.05, 4.69) is 31.4 Å². The average molecular weight is 182 g/mol. The molecule has 0 spiro atoms. The van der Waals surface area contributed by atoms with Crippen molar-refractivity contribution in [3.05, 3.63) is 11.8 Å². The number of hydrogen-bond donors (Lipinski definition) is 0. The summed E-state index contributed by atoms with van der Waals surface area (Å²) in [6, 6.07) is 0. The fourth-order valence-electron chi connectivity index (χ4n) is 1.43. The van der Waals surface area contributed by atoms with E-state index in [4.69, 9.17) is 0 Å². The lowest BCUT2D eigenvalue weighted by Crippen LogP contribution is -2.16. The highest BCUT2D eigenvalue weighted by molar-refractivity contribution is 6.80. The summed E-state index contributed by atoms with van der Waals surface area (Å²) < 4.78 is 0. The van der Waals surface area contributed by atoms with Crippen molar-refractivity contribution in [2.75, 3.05) is 0 Å². The molecule has 0 unspecified atom stereocenters. The first-order chi connectivity index (χ1) is 5.47. The first-order valence-electron chi connectivity index (χ1n) is 4.68. The summed E-state index contributed by atoms with van der Waals surface area (Å²) >= 11 is 0. The predicted molar refractivity (Wildman–Crippen MR) is 54.8 cm³/mol. The minimum absolute atomic E-state index is 0.445. The molecule has 2 heteroatoms. The zero-order valence-electron chi connectivity index (χ0n) is 8.26. The highest BCUT2D eigenvalue weighted by Crippen LogP contribution is 2.23. The van der Waals surface area contributed by atoms with E-state index < -0.39 is 8.07 Å². The van der Waals surface area contributed by atoms with Crippen LogP contribution in [-0.4, -0.2) is 13.9 Å². The minimum Gasteiger partial charge on any atom is -0.300 e. The lowest BCUT2D eigenvalue weighted by atomic mass is 10.1. The summed E-state index contributed by atoms with van der Waals surface area (Å²) in [5.41, 5.74) is 2.36. The Morgan fingerprint density at radius 1 is 1.42 bits per heavy atom. The summed E-state index contributed by atoms with van der Waals surface area (Å²) in [5.74, 6) is 1.00. The average Bonchev–Trinajstić information content (AvgIpc) is 2.30. The van der Waals surface area contributed by atoms with E-state index in [0.717, 1.165) is 19.3 Å². The molecule has 0 heterocycles. The maximum atomic E-state index is 11.0. The van der Waals surface area contributed by atoms with Crippen LogP contribution in [-0.2, 0) is 4.79 Å². The standard InChI is InChI=1S/C10H18OSi/c1-12(2,3)7-6-9-4-5-10(11)8-9/h6-7,9H,4-5,8H2,1-3H3/b7-6+/t9-/m0/s1. The first kappa shape index (κ1) is 9.71. The van der Waals surface area contributed by atoms with Gasteiger partial charge in [-0.25, -0.2) is 0 Å². The van der Waals surface area contributed by atoms with Crippen molar-refractivity contribution in [3.8, 4) is 0 Å². The highest BCUT2D eigenvalue weighted by Gasteiger charge is 2.20. The third-order valence-electron chi connectivity index (χ3n) is 2.15. The molecule has 0 aromatic heterocycles. The number of hydrogen-bond acceptors (Lipinski definition) is 1. The Bertz CT molecular complexity index is 200. The van der Waals surface area contributed by atoms with Crippen molar-refractivity contribution in [1.29, 1.82) is 0 Å². The zero-order valence-corrected chi connectivity index (χ0v) is 9.26. The number of Topliss-reactive ketones (excluding diaryl/α,β-unsaturated/α-hetero) is 1. The second-order valence-electron chi connectivity index (χ2n) is 4.77. The van der Waals surface area contributed by atoms with Crippen LogP contribution in [0.1, 0.15) is 19.3 Å². The molecule has 0 aliphatic heterocycles. The Morgan fingerprint density at radius 3 is 2.50 bits per heavy atom. The molecule has 0 radical (unpaired) electrons. The maximum Gasteiger partial charge on any atom is 0.133 e. The third-order valence-corrected chi connectivity index (χ3v) is 3.34. The van der Waals surface area contributed by atoms with Crippen LogP contribution in [0, 0.1) is 5.92 Å². The van der Waals surface area contributed by atoms with Crippen molar-refractivity contribution in [2.45, 2.75) is 38.9 Å². The van der Waals surface area contributed by atoms with E-state index in [1.807, 2.05) is 0 Å². The van der Waals surface area contributed by atoms with Gasteiger partial charge in [-0.15, -0.1) is 0 Å². The molecule has 1 aliphatic rings. The monoisotopic (exact) mass is 182 g/mol. The van der Waals surface area contributed by atoms with Crippen molar-refractivity contribution in [2.24, 2.45) is 5.92 Å². The van der Waals surface area contributed by atoms with Gasteiger partial charge in [-0.3, -0.25) is 4.79 Å². The van der Waals surface area contributed by atoms with Gasteiger partial charge in [0, 0.05) is 12.8 Å². The van der Waals surface area contributed by atoms with Crippen molar-refractivity contribution in [1.82, 2.24) is 0 Å². The van der Waals surface area contributed by atoms with Gasteiger partial charge in [0.05, 0.1) is 8.07 Å². The Morgan fingerprint density at radius 2 is 2.08 bits per heavy atom. The Labute approximate surface area is 75.9 Å². The Hall–Kier alpha value is -0.373. The van der Waals surface area contributed by atoms with E-state index in [0.29, 0.717) is 11.7 Å². The molecular formula is C10H18OSi. The smallest absolute Gasteiger partial charge is 0.133 e. The molecule has 1 fully saturated rings. The molecule has 1 nitrogen and oxygen atoms in total. The fourth-order valence-corrected chi connectivity index (χ4v) is 2.28. The Kier molecular flexibility index (Phi) is 2.88. The van der Waals surface area contributed by atoms with Crippen molar-refractivity contribution >= 4 is 13.9 Å². The Balaban J connectivity index is 2.42. The summed E-state index contributed by atoms with van der Waals surface area (Å²) in [6.45, 7) is 6.96. The van der Waals surface area contributed by atoms with Crippen molar-refractivity contribution in [3.63, 3.8) is 0 Å². The highest BCUT2D eigenvalue weighted by atomic mass is 28.3. The number of allylic oxidation sites excluding steroid dienone is 1. The molecule has 12 heavy (non-hydrogen) atoms. The lowest BCUT2D eigenvalue weighted by Gasteiger charge is -2.09. The zero-order chi connectivity index (χ0) is 9.19. The van der Waals surface area contributed by atoms with Gasteiger partial charge in [0.1, 0.15) is 5.78 Å². The van der Waals surface area contributed by atoms with Gasteiger partial charge in [-0.2, -0.15) is 0 Å². The first-order valence-corrected chi connectivity index (χ1v) is 8.26. The van der Waals surface area contributed by atoms with E-state index in [-0.39, 0.29) is 0 Å². The molecule has 1 atom stereocenters. The van der Waals surface area contributed by atoms with Crippen LogP contribution in [0.3, 0.4) is 0 Å². The molecule has 1 rings (SSSR count). The molecular weight excluding hydrogens is 164 g/mol. The number of carbonyl (C=O) groups excluding carboxylic acids is 1. The predicted octanol–water partition coefficient (Wildman–Crippen LogP) is 2.79. The van der Waals surface area contributed by atoms with Gasteiger partial charge < -0.3 is 0 Å². The lowest BCUT2D eigenvalue weighted by molar-refractivity contribution is -0.117. The fraction of sp³-hybridized carbons (Fsp3) is 0.700. The summed E-state index contributed by atoms with van der Waals surface area (Å²) in [6.07, 6.45) is 4.96. The van der Waals surface area contributed by atoms with Crippen LogP contribution in [0.2, 0.25) is 19.6 Å². The van der Waals surface area contributed by atoms with E-state index >= 15 is 0 Å². The van der Waals surface area contributed by atoms with Crippen LogP contribution < -0.4 is 0 Å². The van der Waals surface area contributed by atoms with Crippen LogP contribution in [0.15, 0.2) is 11.8 Å². The second kappa shape index (κ2) is 3.56. The maximum absolute atomic E-state index is 11.0. The number of carbonyl (C=O) groups is 1. The van der Waals surface area contributed by atoms with Crippen LogP contribution >= 0.6 is 0 Å². The largest absolute Gasteiger partial charge is 0.300 e. The van der Waals surface area contributed by atoms with Gasteiger partial charge in [0.15, 0.2) is 0 Å². The van der Waals surface area contributed by atoms with Crippen LogP contribution in [0.5, 0.6) is 0 Å². The van der Waals surface area contributed by atoms with Gasteiger partial charge in [0.2, 0.25) is 0 Å². The summed E-state index contributed by atoms with van der Waals surface area (Å²) in [4.78, 5) is 11.0. The van der Waals surface area contributed by atoms with Crippen molar-refractivity contribution < 1.29 is 4.79 Å². The topological polar surface area (TPSA) is 17.1 Å². The van der Waals surface area contributed by atoms with Crippen LogP contribution in [0.25, 0.3) is 0 Å².